The van der Waals surface area contributed by atoms with Gasteiger partial charge >= 0.3 is 0 Å². The van der Waals surface area contributed by atoms with Crippen molar-refractivity contribution in [1.29, 1.82) is 0 Å². The van der Waals surface area contributed by atoms with Crippen LogP contribution in [-0.2, 0) is 13.0 Å². The average molecular weight is 329 g/mol. The molecular formula is C19H21ClN2O. The molecule has 0 fully saturated rings. The Labute approximate surface area is 141 Å². The van der Waals surface area contributed by atoms with E-state index in [0.29, 0.717) is 11.6 Å². The van der Waals surface area contributed by atoms with E-state index < -0.39 is 0 Å². The van der Waals surface area contributed by atoms with Crippen LogP contribution in [0.3, 0.4) is 0 Å². The molecule has 0 atom stereocenters. The van der Waals surface area contributed by atoms with Gasteiger partial charge in [0, 0.05) is 17.1 Å². The summed E-state index contributed by atoms with van der Waals surface area (Å²) in [4.78, 5) is 0. The third-order valence-electron chi connectivity index (χ3n) is 3.95. The van der Waals surface area contributed by atoms with Crippen molar-refractivity contribution in [3.05, 3.63) is 65.3 Å². The summed E-state index contributed by atoms with van der Waals surface area (Å²) in [6.45, 7) is 2.09. The first kappa shape index (κ1) is 15.9. The fraction of sp³-hybridized carbons (Fsp3) is 0.263. The largest absolute Gasteiger partial charge is 0.490 e. The van der Waals surface area contributed by atoms with Crippen molar-refractivity contribution in [2.24, 2.45) is 5.73 Å². The van der Waals surface area contributed by atoms with Gasteiger partial charge in [-0.05, 0) is 43.1 Å². The van der Waals surface area contributed by atoms with Crippen LogP contribution in [-0.4, -0.2) is 17.7 Å². The van der Waals surface area contributed by atoms with Crippen LogP contribution in [0.2, 0.25) is 5.02 Å². The van der Waals surface area contributed by atoms with Gasteiger partial charge in [-0.2, -0.15) is 0 Å². The molecule has 23 heavy (non-hydrogen) atoms. The molecule has 3 aromatic rings. The first-order chi connectivity index (χ1) is 11.3. The third-order valence-corrected chi connectivity index (χ3v) is 4.26. The predicted octanol–water partition coefficient (Wildman–Crippen LogP) is 4.27. The van der Waals surface area contributed by atoms with E-state index in [4.69, 9.17) is 22.1 Å². The molecule has 1 heterocycles. The second-order valence-electron chi connectivity index (χ2n) is 5.54. The van der Waals surface area contributed by atoms with Crippen molar-refractivity contribution >= 4 is 22.5 Å². The van der Waals surface area contributed by atoms with E-state index in [9.17, 15) is 0 Å². The van der Waals surface area contributed by atoms with Crippen LogP contribution in [0.5, 0.6) is 5.75 Å². The molecule has 0 bridgehead atoms. The number of benzene rings is 2. The van der Waals surface area contributed by atoms with Gasteiger partial charge in [-0.15, -0.1) is 0 Å². The summed E-state index contributed by atoms with van der Waals surface area (Å²) >= 11 is 6.12. The zero-order valence-corrected chi connectivity index (χ0v) is 13.8. The molecule has 0 radical (unpaired) electrons. The smallest absolute Gasteiger partial charge is 0.137 e. The molecule has 0 aliphatic carbocycles. The minimum absolute atomic E-state index is 0.582. The van der Waals surface area contributed by atoms with Crippen molar-refractivity contribution in [2.45, 2.75) is 19.4 Å². The number of ether oxygens (including phenoxy) is 1. The van der Waals surface area contributed by atoms with E-state index in [-0.39, 0.29) is 0 Å². The molecular weight excluding hydrogens is 308 g/mol. The first-order valence-electron chi connectivity index (χ1n) is 7.93. The molecule has 0 aliphatic heterocycles. The number of nitrogens with zero attached hydrogens (tertiary/aromatic N) is 1. The zero-order chi connectivity index (χ0) is 16.1. The zero-order valence-electron chi connectivity index (χ0n) is 13.0. The highest BCUT2D eigenvalue weighted by atomic mass is 35.5. The number of hydrogen-bond donors (Lipinski definition) is 1. The Bertz CT molecular complexity index is 782. The van der Waals surface area contributed by atoms with Gasteiger partial charge in [0.25, 0.3) is 0 Å². The summed E-state index contributed by atoms with van der Waals surface area (Å²) in [5.74, 6) is 0.731. The van der Waals surface area contributed by atoms with Crippen molar-refractivity contribution < 1.29 is 4.74 Å². The number of nitrogens with two attached hydrogens (primary N) is 1. The first-order valence-corrected chi connectivity index (χ1v) is 8.31. The maximum absolute atomic E-state index is 6.12. The van der Waals surface area contributed by atoms with Crippen LogP contribution >= 0.6 is 11.6 Å². The Kier molecular flexibility index (Phi) is 5.21. The Hall–Kier alpha value is -1.97. The lowest BCUT2D eigenvalue weighted by Gasteiger charge is -2.09. The summed E-state index contributed by atoms with van der Waals surface area (Å²) in [6.07, 6.45) is 4.23. The average Bonchev–Trinajstić information content (AvgIpc) is 2.93. The maximum atomic E-state index is 6.12. The monoisotopic (exact) mass is 328 g/mol. The molecule has 0 amide bonds. The number of halogens is 1. The fourth-order valence-corrected chi connectivity index (χ4v) is 3.01. The van der Waals surface area contributed by atoms with Gasteiger partial charge in [0.2, 0.25) is 0 Å². The molecule has 3 rings (SSSR count). The summed E-state index contributed by atoms with van der Waals surface area (Å²) < 4.78 is 8.06. The highest BCUT2D eigenvalue weighted by molar-refractivity contribution is 6.32. The molecule has 3 nitrogen and oxygen atoms in total. The van der Waals surface area contributed by atoms with E-state index in [1.807, 2.05) is 24.3 Å². The van der Waals surface area contributed by atoms with Crippen LogP contribution < -0.4 is 10.5 Å². The van der Waals surface area contributed by atoms with Gasteiger partial charge in [-0.1, -0.05) is 41.9 Å². The minimum Gasteiger partial charge on any atom is -0.490 e. The molecule has 0 unspecified atom stereocenters. The molecule has 1 aromatic heterocycles. The molecule has 120 valence electrons. The quantitative estimate of drug-likeness (QED) is 0.703. The molecule has 2 N–H and O–H groups in total. The van der Waals surface area contributed by atoms with Crippen molar-refractivity contribution in [3.63, 3.8) is 0 Å². The maximum Gasteiger partial charge on any atom is 0.137 e. The Morgan fingerprint density at radius 2 is 1.83 bits per heavy atom. The number of rotatable bonds is 7. The van der Waals surface area contributed by atoms with E-state index in [0.717, 1.165) is 31.7 Å². The lowest BCUT2D eigenvalue weighted by molar-refractivity contribution is 0.300. The summed E-state index contributed by atoms with van der Waals surface area (Å²) in [6, 6.07) is 16.0. The van der Waals surface area contributed by atoms with Crippen LogP contribution in [0.1, 0.15) is 12.0 Å². The van der Waals surface area contributed by atoms with Crippen LogP contribution in [0.4, 0.5) is 0 Å². The van der Waals surface area contributed by atoms with Gasteiger partial charge in [-0.3, -0.25) is 0 Å². The van der Waals surface area contributed by atoms with Crippen molar-refractivity contribution in [3.8, 4) is 5.75 Å². The lowest BCUT2D eigenvalue weighted by Crippen LogP contribution is -2.07. The molecule has 4 heteroatoms. The van der Waals surface area contributed by atoms with Gasteiger partial charge in [0.05, 0.1) is 11.6 Å². The lowest BCUT2D eigenvalue weighted by atomic mass is 10.1. The van der Waals surface area contributed by atoms with Crippen LogP contribution in [0, 0.1) is 0 Å². The van der Waals surface area contributed by atoms with E-state index in [1.165, 1.54) is 16.5 Å². The summed E-state index contributed by atoms with van der Waals surface area (Å²) in [5.41, 5.74) is 8.24. The second-order valence-corrected chi connectivity index (χ2v) is 5.94. The van der Waals surface area contributed by atoms with Crippen LogP contribution in [0.15, 0.2) is 54.7 Å². The molecule has 0 spiro atoms. The van der Waals surface area contributed by atoms with E-state index in [2.05, 4.69) is 35.0 Å². The third kappa shape index (κ3) is 3.69. The SMILES string of the molecule is NCCCc1cn(CCOc2ccccc2Cl)c2ccccc12. The predicted molar refractivity (Wildman–Crippen MR) is 96.3 cm³/mol. The summed E-state index contributed by atoms with van der Waals surface area (Å²) in [5, 5.41) is 1.95. The van der Waals surface area contributed by atoms with Crippen LogP contribution in [0.25, 0.3) is 10.9 Å². The van der Waals surface area contributed by atoms with Crippen molar-refractivity contribution in [1.82, 2.24) is 4.57 Å². The molecule has 2 aromatic carbocycles. The Morgan fingerprint density at radius 3 is 2.65 bits per heavy atom. The van der Waals surface area contributed by atoms with Gasteiger partial charge in [-0.25, -0.2) is 0 Å². The molecule has 0 saturated carbocycles. The standard InChI is InChI=1S/C19H21ClN2O/c20-17-8-2-4-10-19(17)23-13-12-22-14-15(6-5-11-21)16-7-1-3-9-18(16)22/h1-4,7-10,14H,5-6,11-13,21H2. The highest BCUT2D eigenvalue weighted by Gasteiger charge is 2.08. The Balaban J connectivity index is 1.74. The second kappa shape index (κ2) is 7.53. The topological polar surface area (TPSA) is 40.2 Å². The van der Waals surface area contributed by atoms with E-state index in [1.54, 1.807) is 0 Å². The Morgan fingerprint density at radius 1 is 1.04 bits per heavy atom. The number of hydrogen-bond acceptors (Lipinski definition) is 2. The number of aryl methyl sites for hydroxylation is 1. The van der Waals surface area contributed by atoms with Gasteiger partial charge in [0.15, 0.2) is 0 Å². The van der Waals surface area contributed by atoms with E-state index >= 15 is 0 Å². The summed E-state index contributed by atoms with van der Waals surface area (Å²) in [7, 11) is 0. The van der Waals surface area contributed by atoms with Crippen molar-refractivity contribution in [2.75, 3.05) is 13.2 Å². The number of aromatic nitrogens is 1. The molecule has 0 aliphatic rings. The van der Waals surface area contributed by atoms with Gasteiger partial charge < -0.3 is 15.0 Å². The fourth-order valence-electron chi connectivity index (χ4n) is 2.82. The molecule has 0 saturated heterocycles. The minimum atomic E-state index is 0.582. The highest BCUT2D eigenvalue weighted by Crippen LogP contribution is 2.24. The number of fused-ring (bicyclic) bond motifs is 1. The van der Waals surface area contributed by atoms with Gasteiger partial charge in [0.1, 0.15) is 12.4 Å². The number of para-hydroxylation sites is 2. The normalized spacial score (nSPS) is 11.0.